The summed E-state index contributed by atoms with van der Waals surface area (Å²) < 4.78 is 78.9. The molecule has 10 heteroatoms. The van der Waals surface area contributed by atoms with Gasteiger partial charge in [0, 0.05) is 12.6 Å². The Balaban J connectivity index is 1.57. The van der Waals surface area contributed by atoms with Gasteiger partial charge in [0.15, 0.2) is 11.5 Å². The third-order valence-electron chi connectivity index (χ3n) is 3.85. The summed E-state index contributed by atoms with van der Waals surface area (Å²) in [4.78, 5) is 0.0499. The molecule has 1 N–H and O–H groups in total. The maximum absolute atomic E-state index is 12.5. The van der Waals surface area contributed by atoms with Crippen molar-refractivity contribution in [3.8, 4) is 11.5 Å². The highest BCUT2D eigenvalue weighted by Crippen LogP contribution is 2.32. The summed E-state index contributed by atoms with van der Waals surface area (Å²) in [6, 6.07) is 10.8. The Hall–Kier alpha value is -2.30. The number of ether oxygens (including phenoxy) is 3. The zero-order chi connectivity index (χ0) is 20.2. The molecular weight excluding hydrogens is 399 g/mol. The van der Waals surface area contributed by atoms with Gasteiger partial charge in [-0.25, -0.2) is 13.1 Å². The lowest BCUT2D eigenvalue weighted by molar-refractivity contribution is -0.176. The molecule has 0 bridgehead atoms. The fraction of sp³-hybridized carbons (Fsp3) is 0.333. The molecule has 0 fully saturated rings. The van der Waals surface area contributed by atoms with Gasteiger partial charge >= 0.3 is 6.18 Å². The van der Waals surface area contributed by atoms with E-state index < -0.39 is 22.8 Å². The van der Waals surface area contributed by atoms with Gasteiger partial charge in [0.25, 0.3) is 0 Å². The number of benzene rings is 2. The minimum atomic E-state index is -4.37. The predicted octanol–water partition coefficient (Wildman–Crippen LogP) is 3.02. The van der Waals surface area contributed by atoms with Gasteiger partial charge in [-0.1, -0.05) is 24.3 Å². The maximum Gasteiger partial charge on any atom is 0.411 e. The normalized spacial score (nSPS) is 14.1. The number of fused-ring (bicyclic) bond motifs is 1. The quantitative estimate of drug-likeness (QED) is 0.750. The van der Waals surface area contributed by atoms with Crippen molar-refractivity contribution in [3.63, 3.8) is 0 Å². The molecule has 0 saturated heterocycles. The summed E-state index contributed by atoms with van der Waals surface area (Å²) in [5, 5.41) is 0. The highest BCUT2D eigenvalue weighted by molar-refractivity contribution is 7.89. The number of alkyl halides is 3. The zero-order valence-corrected chi connectivity index (χ0v) is 15.5. The fourth-order valence-corrected chi connectivity index (χ4v) is 3.52. The van der Waals surface area contributed by atoms with E-state index in [1.54, 1.807) is 30.3 Å². The van der Waals surface area contributed by atoms with Crippen LogP contribution < -0.4 is 14.2 Å². The van der Waals surface area contributed by atoms with E-state index in [9.17, 15) is 21.6 Å². The first kappa shape index (κ1) is 20.4. The third-order valence-corrected chi connectivity index (χ3v) is 5.25. The third kappa shape index (κ3) is 5.60. The van der Waals surface area contributed by atoms with Crippen molar-refractivity contribution in [2.24, 2.45) is 0 Å². The minimum absolute atomic E-state index is 0.0282. The monoisotopic (exact) mass is 417 g/mol. The summed E-state index contributed by atoms with van der Waals surface area (Å²) in [5.41, 5.74) is 1.21. The van der Waals surface area contributed by atoms with Crippen LogP contribution in [-0.4, -0.2) is 34.4 Å². The number of hydrogen-bond donors (Lipinski definition) is 1. The molecule has 0 unspecified atom stereocenters. The Morgan fingerprint density at radius 3 is 2.29 bits per heavy atom. The van der Waals surface area contributed by atoms with Gasteiger partial charge in [0.05, 0.1) is 11.5 Å². The Bertz CT molecular complexity index is 914. The molecule has 1 aliphatic rings. The standard InChI is InChI=1S/C18H18F3NO5S/c19-18(20,21)12-25-11-14-3-1-13(2-4-14)10-22-28(23,24)15-5-6-16-17(9-15)27-8-7-26-16/h1-6,9,22H,7-8,10-12H2. The van der Waals surface area contributed by atoms with Crippen molar-refractivity contribution in [1.82, 2.24) is 4.72 Å². The van der Waals surface area contributed by atoms with E-state index in [4.69, 9.17) is 9.47 Å². The molecule has 0 spiro atoms. The number of nitrogens with one attached hydrogen (secondary N) is 1. The Morgan fingerprint density at radius 1 is 0.964 bits per heavy atom. The van der Waals surface area contributed by atoms with Crippen LogP contribution in [0.4, 0.5) is 13.2 Å². The summed E-state index contributed by atoms with van der Waals surface area (Å²) >= 11 is 0. The van der Waals surface area contributed by atoms with Crippen LogP contribution >= 0.6 is 0 Å². The highest BCUT2D eigenvalue weighted by Gasteiger charge is 2.27. The Kier molecular flexibility index (Phi) is 6.11. The van der Waals surface area contributed by atoms with E-state index in [1.165, 1.54) is 12.1 Å². The molecule has 0 atom stereocenters. The van der Waals surface area contributed by atoms with Gasteiger partial charge in [-0.2, -0.15) is 13.2 Å². The first-order chi connectivity index (χ1) is 13.2. The molecule has 152 valence electrons. The average Bonchev–Trinajstić information content (AvgIpc) is 2.66. The Morgan fingerprint density at radius 2 is 1.61 bits per heavy atom. The van der Waals surface area contributed by atoms with Gasteiger partial charge in [0.2, 0.25) is 10.0 Å². The number of sulfonamides is 1. The molecule has 3 rings (SSSR count). The molecular formula is C18H18F3NO5S. The molecule has 0 radical (unpaired) electrons. The molecule has 0 saturated carbocycles. The molecule has 6 nitrogen and oxygen atoms in total. The van der Waals surface area contributed by atoms with Gasteiger partial charge in [-0.05, 0) is 23.3 Å². The van der Waals surface area contributed by atoms with E-state index in [0.29, 0.717) is 35.8 Å². The number of hydrogen-bond acceptors (Lipinski definition) is 5. The summed E-state index contributed by atoms with van der Waals surface area (Å²) in [6.07, 6.45) is -4.37. The van der Waals surface area contributed by atoms with Crippen LogP contribution in [0.2, 0.25) is 0 Å². The largest absolute Gasteiger partial charge is 0.486 e. The van der Waals surface area contributed by atoms with E-state index >= 15 is 0 Å². The van der Waals surface area contributed by atoms with Crippen molar-refractivity contribution < 1.29 is 35.8 Å². The van der Waals surface area contributed by atoms with Crippen molar-refractivity contribution in [3.05, 3.63) is 53.6 Å². The van der Waals surface area contributed by atoms with Crippen LogP contribution in [0, 0.1) is 0 Å². The molecule has 28 heavy (non-hydrogen) atoms. The van der Waals surface area contributed by atoms with E-state index in [-0.39, 0.29) is 18.0 Å². The van der Waals surface area contributed by atoms with Crippen molar-refractivity contribution in [2.75, 3.05) is 19.8 Å². The minimum Gasteiger partial charge on any atom is -0.486 e. The summed E-state index contributed by atoms with van der Waals surface area (Å²) in [7, 11) is -3.77. The zero-order valence-electron chi connectivity index (χ0n) is 14.7. The molecule has 1 heterocycles. The van der Waals surface area contributed by atoms with E-state index in [0.717, 1.165) is 0 Å². The predicted molar refractivity (Wildman–Crippen MR) is 93.6 cm³/mol. The van der Waals surface area contributed by atoms with Crippen molar-refractivity contribution in [2.45, 2.75) is 24.2 Å². The fourth-order valence-electron chi connectivity index (χ4n) is 2.49. The first-order valence-electron chi connectivity index (χ1n) is 8.35. The van der Waals surface area contributed by atoms with Gasteiger partial charge in [-0.15, -0.1) is 0 Å². The molecule has 0 aromatic heterocycles. The van der Waals surface area contributed by atoms with Gasteiger partial charge in [0.1, 0.15) is 19.8 Å². The smallest absolute Gasteiger partial charge is 0.411 e. The summed E-state index contributed by atoms with van der Waals surface area (Å²) in [6.45, 7) is -0.704. The van der Waals surface area contributed by atoms with E-state index in [1.807, 2.05) is 0 Å². The summed E-state index contributed by atoms with van der Waals surface area (Å²) in [5.74, 6) is 0.867. The van der Waals surface area contributed by atoms with Crippen LogP contribution in [0.1, 0.15) is 11.1 Å². The van der Waals surface area contributed by atoms with Crippen LogP contribution in [0.3, 0.4) is 0 Å². The second-order valence-electron chi connectivity index (χ2n) is 6.05. The van der Waals surface area contributed by atoms with Crippen LogP contribution in [0.25, 0.3) is 0 Å². The lowest BCUT2D eigenvalue weighted by Crippen LogP contribution is -2.24. The second-order valence-corrected chi connectivity index (χ2v) is 7.82. The Labute approximate surface area is 160 Å². The molecule has 2 aromatic carbocycles. The molecule has 0 amide bonds. The van der Waals surface area contributed by atoms with Gasteiger partial charge < -0.3 is 14.2 Å². The first-order valence-corrected chi connectivity index (χ1v) is 9.83. The maximum atomic E-state index is 12.5. The molecule has 1 aliphatic heterocycles. The van der Waals surface area contributed by atoms with Crippen LogP contribution in [0.15, 0.2) is 47.4 Å². The second kappa shape index (κ2) is 8.38. The topological polar surface area (TPSA) is 73.9 Å². The highest BCUT2D eigenvalue weighted by atomic mass is 32.2. The van der Waals surface area contributed by atoms with E-state index in [2.05, 4.69) is 9.46 Å². The van der Waals surface area contributed by atoms with Crippen molar-refractivity contribution in [1.29, 1.82) is 0 Å². The van der Waals surface area contributed by atoms with Crippen molar-refractivity contribution >= 4 is 10.0 Å². The van der Waals surface area contributed by atoms with Gasteiger partial charge in [-0.3, -0.25) is 0 Å². The number of rotatable bonds is 7. The lowest BCUT2D eigenvalue weighted by Gasteiger charge is -2.19. The number of halogens is 3. The lowest BCUT2D eigenvalue weighted by atomic mass is 10.1. The SMILES string of the molecule is O=S(=O)(NCc1ccc(COCC(F)(F)F)cc1)c1ccc2c(c1)OCCO2. The average molecular weight is 417 g/mol. The van der Waals surface area contributed by atoms with Crippen LogP contribution in [-0.2, 0) is 27.9 Å². The molecule has 0 aliphatic carbocycles. The van der Waals surface area contributed by atoms with Crippen LogP contribution in [0.5, 0.6) is 11.5 Å². The molecule has 2 aromatic rings.